The van der Waals surface area contributed by atoms with E-state index in [4.69, 9.17) is 0 Å². The molecular weight excluding hydrogens is 164 g/mol. The van der Waals surface area contributed by atoms with E-state index in [0.29, 0.717) is 0 Å². The van der Waals surface area contributed by atoms with Crippen LogP contribution in [-0.2, 0) is 0 Å². The monoisotopic (exact) mass is 184 g/mol. The van der Waals surface area contributed by atoms with Crippen LogP contribution in [0.1, 0.15) is 25.7 Å². The van der Waals surface area contributed by atoms with Crippen molar-refractivity contribution in [2.75, 3.05) is 33.2 Å². The zero-order valence-electron chi connectivity index (χ0n) is 8.50. The van der Waals surface area contributed by atoms with Gasteiger partial charge >= 0.3 is 0 Å². The van der Waals surface area contributed by atoms with E-state index in [0.717, 1.165) is 39.0 Å². The van der Waals surface area contributed by atoms with E-state index < -0.39 is 5.72 Å². The number of rotatable bonds is 1. The van der Waals surface area contributed by atoms with Crippen LogP contribution in [0, 0.1) is 0 Å². The zero-order chi connectivity index (χ0) is 9.31. The van der Waals surface area contributed by atoms with Crippen LogP contribution in [0.2, 0.25) is 0 Å². The predicted molar refractivity (Wildman–Crippen MR) is 52.5 cm³/mol. The summed E-state index contributed by atoms with van der Waals surface area (Å²) in [5.74, 6) is 0. The molecule has 2 heterocycles. The highest BCUT2D eigenvalue weighted by molar-refractivity contribution is 4.87. The molecule has 13 heavy (non-hydrogen) atoms. The molecule has 0 atom stereocenters. The van der Waals surface area contributed by atoms with Gasteiger partial charge < -0.3 is 10.0 Å². The fraction of sp³-hybridized carbons (Fsp3) is 1.00. The van der Waals surface area contributed by atoms with Crippen molar-refractivity contribution in [3.05, 3.63) is 0 Å². The standard InChI is InChI=1S/C10H20N2O/c1-11-8-4-10(13,5-9-11)12-6-2-3-7-12/h13H,2-9H2,1H3. The molecule has 2 aliphatic rings. The average Bonchev–Trinajstić information content (AvgIpc) is 2.63. The normalized spacial score (nSPS) is 30.9. The van der Waals surface area contributed by atoms with Crippen LogP contribution in [0.4, 0.5) is 0 Å². The second kappa shape index (κ2) is 3.56. The minimum Gasteiger partial charge on any atom is -0.376 e. The third kappa shape index (κ3) is 1.87. The summed E-state index contributed by atoms with van der Waals surface area (Å²) in [7, 11) is 2.13. The lowest BCUT2D eigenvalue weighted by Crippen LogP contribution is -2.53. The maximum absolute atomic E-state index is 10.4. The van der Waals surface area contributed by atoms with Crippen molar-refractivity contribution in [3.63, 3.8) is 0 Å². The van der Waals surface area contributed by atoms with E-state index in [2.05, 4.69) is 16.8 Å². The van der Waals surface area contributed by atoms with Gasteiger partial charge in [0.05, 0.1) is 0 Å². The highest BCUT2D eigenvalue weighted by atomic mass is 16.3. The summed E-state index contributed by atoms with van der Waals surface area (Å²) in [6.07, 6.45) is 4.36. The summed E-state index contributed by atoms with van der Waals surface area (Å²) in [6, 6.07) is 0. The van der Waals surface area contributed by atoms with Crippen LogP contribution in [-0.4, -0.2) is 53.9 Å². The molecule has 2 saturated heterocycles. The number of aliphatic hydroxyl groups is 1. The Bertz CT molecular complexity index is 170. The number of likely N-dealkylation sites (tertiary alicyclic amines) is 2. The summed E-state index contributed by atoms with van der Waals surface area (Å²) in [5.41, 5.74) is -0.469. The van der Waals surface area contributed by atoms with Crippen molar-refractivity contribution in [2.45, 2.75) is 31.4 Å². The molecular formula is C10H20N2O. The topological polar surface area (TPSA) is 26.7 Å². The van der Waals surface area contributed by atoms with Gasteiger partial charge in [-0.1, -0.05) is 0 Å². The Morgan fingerprint density at radius 2 is 1.54 bits per heavy atom. The predicted octanol–water partition coefficient (Wildman–Crippen LogP) is 0.496. The van der Waals surface area contributed by atoms with Gasteiger partial charge in [-0.2, -0.15) is 0 Å². The van der Waals surface area contributed by atoms with Gasteiger partial charge in [-0.3, -0.25) is 4.90 Å². The molecule has 0 bridgehead atoms. The molecule has 0 aromatic carbocycles. The Hall–Kier alpha value is -0.120. The Morgan fingerprint density at radius 1 is 1.00 bits per heavy atom. The first-order valence-electron chi connectivity index (χ1n) is 5.37. The number of piperidine rings is 1. The first-order chi connectivity index (χ1) is 6.21. The molecule has 76 valence electrons. The number of hydrogen-bond donors (Lipinski definition) is 1. The molecule has 2 fully saturated rings. The molecule has 0 unspecified atom stereocenters. The van der Waals surface area contributed by atoms with Gasteiger partial charge in [-0.25, -0.2) is 0 Å². The lowest BCUT2D eigenvalue weighted by atomic mass is 9.99. The Kier molecular flexibility index (Phi) is 2.58. The van der Waals surface area contributed by atoms with Crippen molar-refractivity contribution >= 4 is 0 Å². The maximum atomic E-state index is 10.4. The third-order valence-corrected chi connectivity index (χ3v) is 3.48. The Balaban J connectivity index is 1.95. The van der Waals surface area contributed by atoms with Gasteiger partial charge in [0.25, 0.3) is 0 Å². The molecule has 3 nitrogen and oxygen atoms in total. The lowest BCUT2D eigenvalue weighted by molar-refractivity contribution is -0.130. The van der Waals surface area contributed by atoms with Crippen molar-refractivity contribution < 1.29 is 5.11 Å². The third-order valence-electron chi connectivity index (χ3n) is 3.48. The molecule has 0 amide bonds. The molecule has 3 heteroatoms. The molecule has 2 rings (SSSR count). The van der Waals surface area contributed by atoms with Crippen molar-refractivity contribution in [1.29, 1.82) is 0 Å². The van der Waals surface area contributed by atoms with Crippen LogP contribution in [0.15, 0.2) is 0 Å². The lowest BCUT2D eigenvalue weighted by Gasteiger charge is -2.42. The highest BCUT2D eigenvalue weighted by Gasteiger charge is 2.37. The smallest absolute Gasteiger partial charge is 0.120 e. The van der Waals surface area contributed by atoms with E-state index in [1.54, 1.807) is 0 Å². The Labute approximate surface area is 80.3 Å². The van der Waals surface area contributed by atoms with Gasteiger partial charge in [0.15, 0.2) is 0 Å². The van der Waals surface area contributed by atoms with Gasteiger partial charge in [-0.15, -0.1) is 0 Å². The van der Waals surface area contributed by atoms with Crippen LogP contribution < -0.4 is 0 Å². The zero-order valence-corrected chi connectivity index (χ0v) is 8.50. The second-order valence-electron chi connectivity index (χ2n) is 4.48. The summed E-state index contributed by atoms with van der Waals surface area (Å²) in [4.78, 5) is 4.57. The summed E-state index contributed by atoms with van der Waals surface area (Å²) in [6.45, 7) is 4.26. The number of nitrogens with zero attached hydrogens (tertiary/aromatic N) is 2. The highest BCUT2D eigenvalue weighted by Crippen LogP contribution is 2.28. The summed E-state index contributed by atoms with van der Waals surface area (Å²) < 4.78 is 0. The first-order valence-corrected chi connectivity index (χ1v) is 5.37. The molecule has 0 aliphatic carbocycles. The quantitative estimate of drug-likeness (QED) is 0.643. The molecule has 0 aromatic rings. The van der Waals surface area contributed by atoms with E-state index >= 15 is 0 Å². The molecule has 2 aliphatic heterocycles. The number of hydrogen-bond acceptors (Lipinski definition) is 3. The minimum atomic E-state index is -0.469. The van der Waals surface area contributed by atoms with E-state index in [-0.39, 0.29) is 0 Å². The van der Waals surface area contributed by atoms with Crippen molar-refractivity contribution in [1.82, 2.24) is 9.80 Å². The van der Waals surface area contributed by atoms with Gasteiger partial charge in [0.2, 0.25) is 0 Å². The molecule has 1 N–H and O–H groups in total. The molecule has 0 radical (unpaired) electrons. The van der Waals surface area contributed by atoms with Gasteiger partial charge in [0, 0.05) is 39.0 Å². The maximum Gasteiger partial charge on any atom is 0.120 e. The van der Waals surface area contributed by atoms with E-state index in [9.17, 15) is 5.11 Å². The van der Waals surface area contributed by atoms with Crippen LogP contribution in [0.25, 0.3) is 0 Å². The molecule has 0 saturated carbocycles. The van der Waals surface area contributed by atoms with E-state index in [1.165, 1.54) is 12.8 Å². The van der Waals surface area contributed by atoms with E-state index in [1.807, 2.05) is 0 Å². The molecule has 0 spiro atoms. The van der Waals surface area contributed by atoms with Crippen molar-refractivity contribution in [3.8, 4) is 0 Å². The SMILES string of the molecule is CN1CCC(O)(N2CCCC2)CC1. The largest absolute Gasteiger partial charge is 0.376 e. The fourth-order valence-electron chi connectivity index (χ4n) is 2.43. The molecule has 0 aromatic heterocycles. The van der Waals surface area contributed by atoms with Crippen LogP contribution in [0.5, 0.6) is 0 Å². The Morgan fingerprint density at radius 3 is 2.08 bits per heavy atom. The van der Waals surface area contributed by atoms with Crippen LogP contribution in [0.3, 0.4) is 0 Å². The fourth-order valence-corrected chi connectivity index (χ4v) is 2.43. The summed E-state index contributed by atoms with van der Waals surface area (Å²) >= 11 is 0. The second-order valence-corrected chi connectivity index (χ2v) is 4.48. The average molecular weight is 184 g/mol. The van der Waals surface area contributed by atoms with Crippen molar-refractivity contribution in [2.24, 2.45) is 0 Å². The first kappa shape index (κ1) is 9.44. The minimum absolute atomic E-state index is 0.469. The van der Waals surface area contributed by atoms with Gasteiger partial charge in [-0.05, 0) is 19.9 Å². The summed E-state index contributed by atoms with van der Waals surface area (Å²) in [5, 5.41) is 10.4. The van der Waals surface area contributed by atoms with Crippen LogP contribution >= 0.6 is 0 Å². The van der Waals surface area contributed by atoms with Gasteiger partial charge in [0.1, 0.15) is 5.72 Å².